The molecule has 3 aromatic rings. The fourth-order valence-corrected chi connectivity index (χ4v) is 5.53. The van der Waals surface area contributed by atoms with Gasteiger partial charge in [0.15, 0.2) is 0 Å². The third-order valence-electron chi connectivity index (χ3n) is 7.75. The maximum atomic E-state index is 5.13. The van der Waals surface area contributed by atoms with E-state index >= 15 is 0 Å². The quantitative estimate of drug-likeness (QED) is 0.328. The number of hydrogen-bond donors (Lipinski definition) is 0. The first-order chi connectivity index (χ1) is 16.8. The van der Waals surface area contributed by atoms with Crippen LogP contribution in [0.1, 0.15) is 92.5 Å². The van der Waals surface area contributed by atoms with E-state index in [1.807, 2.05) is 0 Å². The van der Waals surface area contributed by atoms with E-state index in [-0.39, 0.29) is 17.1 Å². The molecule has 0 unspecified atom stereocenters. The van der Waals surface area contributed by atoms with Gasteiger partial charge in [-0.1, -0.05) is 61.7 Å². The molecule has 36 heavy (non-hydrogen) atoms. The SMILES string of the molecule is CCC1=C(C)c2cc3[n-]c(cc4nc(c(C)c5cc(C)c(cc1n2)[n-]5)C(CC)=C4C)c(C)c3CC.[Cu+2]. The Kier molecular flexibility index (Phi) is 7.19. The van der Waals surface area contributed by atoms with Crippen molar-refractivity contribution in [3.05, 3.63) is 69.3 Å². The van der Waals surface area contributed by atoms with Gasteiger partial charge in [-0.3, -0.25) is 0 Å². The fraction of sp³-hybridized carbons (Fsp3) is 0.355. The van der Waals surface area contributed by atoms with Gasteiger partial charge < -0.3 is 9.97 Å². The maximum Gasteiger partial charge on any atom is 2.00 e. The van der Waals surface area contributed by atoms with Gasteiger partial charge in [0.1, 0.15) is 0 Å². The van der Waals surface area contributed by atoms with Crippen LogP contribution in [0.25, 0.3) is 44.4 Å². The Morgan fingerprint density at radius 1 is 0.583 bits per heavy atom. The molecule has 0 fully saturated rings. The summed E-state index contributed by atoms with van der Waals surface area (Å²) in [6.07, 6.45) is 2.80. The summed E-state index contributed by atoms with van der Waals surface area (Å²) >= 11 is 0. The largest absolute Gasteiger partial charge is 2.00 e. The van der Waals surface area contributed by atoms with Crippen LogP contribution in [-0.2, 0) is 23.5 Å². The Morgan fingerprint density at radius 3 is 1.81 bits per heavy atom. The number of hydrogen-bond acceptors (Lipinski definition) is 2. The average Bonchev–Trinajstić information content (AvgIpc) is 3.53. The Hall–Kier alpha value is -2.88. The molecule has 0 amide bonds. The summed E-state index contributed by atoms with van der Waals surface area (Å²) in [6, 6.07) is 8.67. The minimum Gasteiger partial charge on any atom is -0.657 e. The number of aryl methyl sites for hydroxylation is 4. The molecule has 4 nitrogen and oxygen atoms in total. The van der Waals surface area contributed by atoms with Gasteiger partial charge >= 0.3 is 17.1 Å². The van der Waals surface area contributed by atoms with E-state index in [9.17, 15) is 0 Å². The van der Waals surface area contributed by atoms with E-state index in [4.69, 9.17) is 19.9 Å². The maximum absolute atomic E-state index is 5.13. The molecule has 2 aliphatic heterocycles. The molecule has 0 atom stereocenters. The van der Waals surface area contributed by atoms with Crippen LogP contribution in [0.4, 0.5) is 0 Å². The molecule has 2 aliphatic rings. The smallest absolute Gasteiger partial charge is 0.657 e. The normalized spacial score (nSPS) is 13.4. The van der Waals surface area contributed by atoms with Crippen molar-refractivity contribution in [1.29, 1.82) is 0 Å². The average molecular weight is 526 g/mol. The number of fused-ring (bicyclic) bond motifs is 8. The molecular formula is C31H34CuN4. The molecule has 0 saturated heterocycles. The Balaban J connectivity index is 0.00000304. The predicted octanol–water partition coefficient (Wildman–Crippen LogP) is 7.74. The van der Waals surface area contributed by atoms with Crippen molar-refractivity contribution < 1.29 is 17.1 Å². The van der Waals surface area contributed by atoms with Crippen molar-refractivity contribution >= 4 is 44.4 Å². The second-order valence-corrected chi connectivity index (χ2v) is 9.75. The first-order valence-electron chi connectivity index (χ1n) is 12.8. The van der Waals surface area contributed by atoms with Gasteiger partial charge in [-0.05, 0) is 81.7 Å². The molecule has 5 heterocycles. The van der Waals surface area contributed by atoms with Gasteiger partial charge in [-0.25, -0.2) is 9.97 Å². The Morgan fingerprint density at radius 2 is 1.14 bits per heavy atom. The van der Waals surface area contributed by atoms with Crippen molar-refractivity contribution in [2.24, 2.45) is 0 Å². The van der Waals surface area contributed by atoms with E-state index in [0.29, 0.717) is 0 Å². The van der Waals surface area contributed by atoms with Crippen molar-refractivity contribution in [1.82, 2.24) is 19.9 Å². The molecular weight excluding hydrogens is 492 g/mol. The molecule has 189 valence electrons. The van der Waals surface area contributed by atoms with Crippen LogP contribution >= 0.6 is 0 Å². The van der Waals surface area contributed by atoms with Crippen LogP contribution in [0.2, 0.25) is 0 Å². The van der Waals surface area contributed by atoms with Crippen molar-refractivity contribution in [3.8, 4) is 0 Å². The second kappa shape index (κ2) is 9.88. The molecule has 5 heteroatoms. The summed E-state index contributed by atoms with van der Waals surface area (Å²) in [6.45, 7) is 17.4. The van der Waals surface area contributed by atoms with Crippen LogP contribution in [0.5, 0.6) is 0 Å². The zero-order chi connectivity index (χ0) is 25.0. The summed E-state index contributed by atoms with van der Waals surface area (Å²) in [4.78, 5) is 20.3. The summed E-state index contributed by atoms with van der Waals surface area (Å²) in [5, 5.41) is 0. The van der Waals surface area contributed by atoms with Crippen molar-refractivity contribution in [2.75, 3.05) is 0 Å². The number of allylic oxidation sites excluding steroid dienone is 4. The number of nitrogens with zero attached hydrogens (tertiary/aromatic N) is 4. The van der Waals surface area contributed by atoms with E-state index < -0.39 is 0 Å². The van der Waals surface area contributed by atoms with Crippen LogP contribution in [0.15, 0.2) is 24.3 Å². The van der Waals surface area contributed by atoms with E-state index in [1.165, 1.54) is 33.4 Å². The van der Waals surface area contributed by atoms with E-state index in [0.717, 1.165) is 75.2 Å². The second-order valence-electron chi connectivity index (χ2n) is 9.75. The predicted molar refractivity (Wildman–Crippen MR) is 148 cm³/mol. The standard InChI is InChI=1S/C31H34N4.Cu/c1-9-21-18(6)27-15-30-22(10-2)17(5)26(33-30)14-28-19(7)23(11-3)31(35-28)20(8)25-12-16(4)24(32-25)13-29(21)34-27;/h12-15H,9-11H2,1-8H3;/q-2;+2. The summed E-state index contributed by atoms with van der Waals surface area (Å²) in [7, 11) is 0. The summed E-state index contributed by atoms with van der Waals surface area (Å²) < 4.78 is 0. The minimum absolute atomic E-state index is 0. The zero-order valence-electron chi connectivity index (χ0n) is 22.5. The van der Waals surface area contributed by atoms with Crippen molar-refractivity contribution in [3.63, 3.8) is 0 Å². The van der Waals surface area contributed by atoms with Crippen LogP contribution in [0, 0.1) is 20.8 Å². The van der Waals surface area contributed by atoms with Crippen LogP contribution in [-0.4, -0.2) is 9.97 Å². The minimum atomic E-state index is 0. The molecule has 0 aliphatic carbocycles. The Labute approximate surface area is 224 Å². The third kappa shape index (κ3) is 4.09. The van der Waals surface area contributed by atoms with E-state index in [1.54, 1.807) is 0 Å². The van der Waals surface area contributed by atoms with E-state index in [2.05, 4.69) is 79.7 Å². The zero-order valence-corrected chi connectivity index (χ0v) is 23.5. The van der Waals surface area contributed by atoms with Gasteiger partial charge in [0, 0.05) is 0 Å². The van der Waals surface area contributed by atoms with Gasteiger partial charge in [0.05, 0.1) is 22.8 Å². The van der Waals surface area contributed by atoms with Crippen LogP contribution in [0.3, 0.4) is 0 Å². The monoisotopic (exact) mass is 525 g/mol. The molecule has 0 aromatic carbocycles. The molecule has 8 bridgehead atoms. The van der Waals surface area contributed by atoms with Gasteiger partial charge in [-0.2, -0.15) is 0 Å². The van der Waals surface area contributed by atoms with Crippen molar-refractivity contribution in [2.45, 2.75) is 74.7 Å². The van der Waals surface area contributed by atoms with Gasteiger partial charge in [0.25, 0.3) is 0 Å². The fourth-order valence-electron chi connectivity index (χ4n) is 5.53. The summed E-state index contributed by atoms with van der Waals surface area (Å²) in [5.74, 6) is 0. The topological polar surface area (TPSA) is 54.0 Å². The molecule has 3 aromatic heterocycles. The molecule has 0 N–H and O–H groups in total. The summed E-state index contributed by atoms with van der Waals surface area (Å²) in [5.41, 5.74) is 17.9. The number of rotatable bonds is 3. The van der Waals surface area contributed by atoms with Gasteiger partial charge in [-0.15, -0.1) is 22.1 Å². The third-order valence-corrected chi connectivity index (χ3v) is 7.75. The molecule has 5 rings (SSSR count). The number of aromatic nitrogens is 4. The first kappa shape index (κ1) is 26.2. The van der Waals surface area contributed by atoms with Gasteiger partial charge in [0.2, 0.25) is 0 Å². The first-order valence-corrected chi connectivity index (χ1v) is 12.8. The molecule has 1 radical (unpaired) electrons. The van der Waals surface area contributed by atoms with Crippen LogP contribution < -0.4 is 9.97 Å². The Bertz CT molecular complexity index is 1590. The molecule has 0 saturated carbocycles. The molecule has 0 spiro atoms.